The number of fused-ring (bicyclic) bond motifs is 6. The first-order chi connectivity index (χ1) is 15.7. The van der Waals surface area contributed by atoms with Crippen molar-refractivity contribution >= 4 is 16.8 Å². The van der Waals surface area contributed by atoms with Crippen molar-refractivity contribution in [1.29, 1.82) is 0 Å². The van der Waals surface area contributed by atoms with E-state index in [1.54, 1.807) is 4.68 Å². The van der Waals surface area contributed by atoms with Crippen LogP contribution in [-0.4, -0.2) is 31.5 Å². The van der Waals surface area contributed by atoms with Gasteiger partial charge in [0.05, 0.1) is 11.1 Å². The number of aliphatic hydroxyl groups is 1. The molecule has 0 aliphatic heterocycles. The number of hydrogen-bond acceptors (Lipinski definition) is 4. The van der Waals surface area contributed by atoms with Gasteiger partial charge in [-0.2, -0.15) is 0 Å². The first kappa shape index (κ1) is 21.8. The van der Waals surface area contributed by atoms with Crippen LogP contribution in [0.5, 0.6) is 0 Å². The highest BCUT2D eigenvalue weighted by Crippen LogP contribution is 2.68. The lowest BCUT2D eigenvalue weighted by molar-refractivity contribution is -0.151. The Morgan fingerprint density at radius 1 is 1.00 bits per heavy atom. The average Bonchev–Trinajstić information content (AvgIpc) is 3.35. The van der Waals surface area contributed by atoms with E-state index in [9.17, 15) is 9.90 Å². The minimum absolute atomic E-state index is 0.123. The summed E-state index contributed by atoms with van der Waals surface area (Å²) in [5, 5.41) is 19.3. The Morgan fingerprint density at radius 3 is 2.64 bits per heavy atom. The number of hydrogen-bond donors (Lipinski definition) is 1. The molecule has 0 saturated heterocycles. The van der Waals surface area contributed by atoms with E-state index in [2.05, 4.69) is 24.2 Å². The van der Waals surface area contributed by atoms with Crippen molar-refractivity contribution in [3.05, 3.63) is 24.3 Å². The molecule has 4 fully saturated rings. The molecular formula is C28H39N3O2. The van der Waals surface area contributed by atoms with Gasteiger partial charge in [0.2, 0.25) is 0 Å². The van der Waals surface area contributed by atoms with Crippen LogP contribution in [0.15, 0.2) is 24.3 Å². The van der Waals surface area contributed by atoms with E-state index in [1.165, 1.54) is 32.1 Å². The molecular weight excluding hydrogens is 410 g/mol. The Balaban J connectivity index is 1.22. The van der Waals surface area contributed by atoms with Crippen LogP contribution in [0, 0.1) is 40.4 Å². The normalized spacial score (nSPS) is 44.8. The first-order valence-corrected chi connectivity index (χ1v) is 13.2. The second-order valence-electron chi connectivity index (χ2n) is 12.7. The van der Waals surface area contributed by atoms with E-state index in [-0.39, 0.29) is 11.3 Å². The van der Waals surface area contributed by atoms with Gasteiger partial charge < -0.3 is 5.11 Å². The number of para-hydroxylation sites is 1. The molecule has 0 radical (unpaired) electrons. The molecule has 1 heterocycles. The third-order valence-electron chi connectivity index (χ3n) is 11.1. The molecule has 4 aliphatic carbocycles. The molecule has 33 heavy (non-hydrogen) atoms. The maximum atomic E-state index is 13.6. The van der Waals surface area contributed by atoms with Crippen molar-refractivity contribution in [2.45, 2.75) is 90.7 Å². The van der Waals surface area contributed by atoms with E-state index in [0.717, 1.165) is 48.6 Å². The number of Topliss-reactive ketones (excluding diaryl/α,β-unsaturated/α-hetero) is 1. The maximum absolute atomic E-state index is 13.6. The highest BCUT2D eigenvalue weighted by molar-refractivity contribution is 5.84. The van der Waals surface area contributed by atoms with Gasteiger partial charge in [0.25, 0.3) is 0 Å². The SMILES string of the molecule is C[C@@]1(O)CC[C@@]2(C)[C@H](CC[C@@H]3[C@@H]2CC[C@]2(C)[C@@H](C(=O)Cn4nnc5ccccc54)CC[C@@H]32)C1. The van der Waals surface area contributed by atoms with Crippen LogP contribution >= 0.6 is 0 Å². The minimum Gasteiger partial charge on any atom is -0.390 e. The fraction of sp³-hybridized carbons (Fsp3) is 0.750. The average molecular weight is 450 g/mol. The molecule has 0 bridgehead atoms. The van der Waals surface area contributed by atoms with E-state index in [1.807, 2.05) is 31.2 Å². The maximum Gasteiger partial charge on any atom is 0.157 e. The number of carbonyl (C=O) groups excluding carboxylic acids is 1. The van der Waals surface area contributed by atoms with Crippen LogP contribution in [-0.2, 0) is 11.3 Å². The summed E-state index contributed by atoms with van der Waals surface area (Å²) in [4.78, 5) is 13.6. The molecule has 6 rings (SSSR count). The number of ketones is 1. The Hall–Kier alpha value is -1.75. The molecule has 5 heteroatoms. The van der Waals surface area contributed by atoms with Gasteiger partial charge in [-0.1, -0.05) is 31.2 Å². The molecule has 4 aliphatic rings. The zero-order valence-electron chi connectivity index (χ0n) is 20.5. The molecule has 2 aromatic rings. The summed E-state index contributed by atoms with van der Waals surface area (Å²) in [5.41, 5.74) is 1.83. The third-order valence-corrected chi connectivity index (χ3v) is 11.1. The summed E-state index contributed by atoms with van der Waals surface area (Å²) in [6, 6.07) is 7.92. The molecule has 5 nitrogen and oxygen atoms in total. The number of carbonyl (C=O) groups is 1. The molecule has 1 N–H and O–H groups in total. The predicted molar refractivity (Wildman–Crippen MR) is 128 cm³/mol. The number of rotatable bonds is 3. The summed E-state index contributed by atoms with van der Waals surface area (Å²) in [5.74, 6) is 3.33. The van der Waals surface area contributed by atoms with Gasteiger partial charge in [0, 0.05) is 5.92 Å². The lowest BCUT2D eigenvalue weighted by Crippen LogP contribution is -2.55. The molecule has 178 valence electrons. The number of nitrogens with zero attached hydrogens (tertiary/aromatic N) is 3. The summed E-state index contributed by atoms with van der Waals surface area (Å²) >= 11 is 0. The van der Waals surface area contributed by atoms with Crippen LogP contribution in [0.3, 0.4) is 0 Å². The Morgan fingerprint density at radius 2 is 1.79 bits per heavy atom. The smallest absolute Gasteiger partial charge is 0.157 e. The van der Waals surface area contributed by atoms with Gasteiger partial charge in [0.15, 0.2) is 5.78 Å². The monoisotopic (exact) mass is 449 g/mol. The van der Waals surface area contributed by atoms with E-state index >= 15 is 0 Å². The topological polar surface area (TPSA) is 68.0 Å². The fourth-order valence-corrected chi connectivity index (χ4v) is 9.25. The Bertz CT molecular complexity index is 1080. The third kappa shape index (κ3) is 3.25. The standard InChI is InChI=1S/C28H39N3O2/c1-26(33)14-15-27(2)18(16-26)8-9-19-20-10-11-22(28(20,3)13-12-21(19)27)25(32)17-31-24-7-5-4-6-23(24)29-30-31/h4-7,18-22,33H,8-17H2,1-3H3/t18-,19+,20+,21+,22-,26-,27+,28+/m1/s1. The first-order valence-electron chi connectivity index (χ1n) is 13.2. The summed E-state index contributed by atoms with van der Waals surface area (Å²) in [6.45, 7) is 7.36. The molecule has 4 saturated carbocycles. The minimum atomic E-state index is -0.476. The van der Waals surface area contributed by atoms with Crippen LogP contribution in [0.1, 0.15) is 78.6 Å². The van der Waals surface area contributed by atoms with Crippen molar-refractivity contribution in [3.8, 4) is 0 Å². The van der Waals surface area contributed by atoms with E-state index < -0.39 is 5.60 Å². The molecule has 0 unspecified atom stereocenters. The molecule has 8 atom stereocenters. The van der Waals surface area contributed by atoms with Crippen molar-refractivity contribution in [2.24, 2.45) is 40.4 Å². The summed E-state index contributed by atoms with van der Waals surface area (Å²) < 4.78 is 1.81. The Kier molecular flexibility index (Phi) is 4.86. The second kappa shape index (κ2) is 7.37. The van der Waals surface area contributed by atoms with Crippen molar-refractivity contribution < 1.29 is 9.90 Å². The van der Waals surface area contributed by atoms with E-state index in [0.29, 0.717) is 29.6 Å². The highest BCUT2D eigenvalue weighted by Gasteiger charge is 2.61. The molecule has 0 spiro atoms. The lowest BCUT2D eigenvalue weighted by Gasteiger charge is -2.61. The van der Waals surface area contributed by atoms with Crippen LogP contribution in [0.2, 0.25) is 0 Å². The predicted octanol–water partition coefficient (Wildman–Crippen LogP) is 5.41. The second-order valence-corrected chi connectivity index (χ2v) is 12.7. The van der Waals surface area contributed by atoms with Crippen molar-refractivity contribution in [1.82, 2.24) is 15.0 Å². The quantitative estimate of drug-likeness (QED) is 0.680. The van der Waals surface area contributed by atoms with Gasteiger partial charge >= 0.3 is 0 Å². The zero-order chi connectivity index (χ0) is 23.0. The molecule has 1 aromatic carbocycles. The molecule has 1 aromatic heterocycles. The van der Waals surface area contributed by atoms with Gasteiger partial charge in [-0.15, -0.1) is 5.10 Å². The van der Waals surface area contributed by atoms with Crippen molar-refractivity contribution in [3.63, 3.8) is 0 Å². The van der Waals surface area contributed by atoms with E-state index in [4.69, 9.17) is 0 Å². The summed E-state index contributed by atoms with van der Waals surface area (Å²) in [6.07, 6.45) is 10.3. The van der Waals surface area contributed by atoms with Crippen molar-refractivity contribution in [2.75, 3.05) is 0 Å². The fourth-order valence-electron chi connectivity index (χ4n) is 9.25. The zero-order valence-corrected chi connectivity index (χ0v) is 20.5. The lowest BCUT2D eigenvalue weighted by atomic mass is 9.44. The largest absolute Gasteiger partial charge is 0.390 e. The summed E-state index contributed by atoms with van der Waals surface area (Å²) in [7, 11) is 0. The molecule has 0 amide bonds. The van der Waals surface area contributed by atoms with Gasteiger partial charge in [-0.05, 0) is 111 Å². The number of aromatic nitrogens is 3. The Labute approximate surface area is 197 Å². The van der Waals surface area contributed by atoms with Crippen LogP contribution in [0.4, 0.5) is 0 Å². The van der Waals surface area contributed by atoms with Crippen LogP contribution < -0.4 is 0 Å². The highest BCUT2D eigenvalue weighted by atomic mass is 16.3. The van der Waals surface area contributed by atoms with Gasteiger partial charge in [0.1, 0.15) is 12.1 Å². The van der Waals surface area contributed by atoms with Gasteiger partial charge in [-0.25, -0.2) is 4.68 Å². The van der Waals surface area contributed by atoms with Gasteiger partial charge in [-0.3, -0.25) is 4.79 Å². The number of benzene rings is 1. The van der Waals surface area contributed by atoms with Crippen LogP contribution in [0.25, 0.3) is 11.0 Å².